The van der Waals surface area contributed by atoms with Gasteiger partial charge in [-0.05, 0) is 24.7 Å². The Morgan fingerprint density at radius 2 is 1.74 bits per heavy atom. The Balaban J connectivity index is 3.88. The van der Waals surface area contributed by atoms with Gasteiger partial charge in [-0.2, -0.15) is 0 Å². The lowest BCUT2D eigenvalue weighted by Crippen LogP contribution is -2.57. The van der Waals surface area contributed by atoms with E-state index in [-0.39, 0.29) is 24.7 Å². The zero-order valence-electron chi connectivity index (χ0n) is 18.6. The third-order valence-electron chi connectivity index (χ3n) is 5.08. The van der Waals surface area contributed by atoms with Gasteiger partial charge in [-0.15, -0.1) is 0 Å². The van der Waals surface area contributed by atoms with Crippen LogP contribution in [0.15, 0.2) is 24.8 Å². The van der Waals surface area contributed by atoms with Crippen LogP contribution < -0.4 is 16.7 Å². The number of nitrogens with zero attached hydrogens (tertiary/aromatic N) is 2. The van der Waals surface area contributed by atoms with Crippen LogP contribution in [-0.2, 0) is 19.4 Å². The molecule has 0 aliphatic heterocycles. The lowest BCUT2D eigenvalue weighted by Gasteiger charge is -2.40. The Labute approximate surface area is 183 Å². The molecule has 10 nitrogen and oxygen atoms in total. The third-order valence-corrected chi connectivity index (χ3v) is 7.02. The van der Waals surface area contributed by atoms with E-state index in [1.165, 1.54) is 30.9 Å². The van der Waals surface area contributed by atoms with E-state index in [4.69, 9.17) is 5.84 Å². The highest BCUT2D eigenvalue weighted by atomic mass is 32.2. The normalized spacial score (nSPS) is 16.2. The second-order valence-corrected chi connectivity index (χ2v) is 10.8. The number of hydrogen-bond donors (Lipinski definition) is 4. The highest BCUT2D eigenvalue weighted by Gasteiger charge is 2.54. The molecule has 11 heteroatoms. The van der Waals surface area contributed by atoms with Crippen LogP contribution >= 0.6 is 0 Å². The van der Waals surface area contributed by atoms with E-state index in [2.05, 4.69) is 9.97 Å². The molecule has 0 fully saturated rings. The number of nitrogens with one attached hydrogen (secondary N) is 2. The van der Waals surface area contributed by atoms with Crippen molar-refractivity contribution in [2.45, 2.75) is 45.3 Å². The van der Waals surface area contributed by atoms with Crippen molar-refractivity contribution in [3.8, 4) is 0 Å². The van der Waals surface area contributed by atoms with Crippen LogP contribution in [0.1, 0.15) is 46.1 Å². The quantitative estimate of drug-likeness (QED) is 0.167. The van der Waals surface area contributed by atoms with Crippen LogP contribution in [0.3, 0.4) is 0 Å². The van der Waals surface area contributed by atoms with E-state index >= 15 is 0 Å². The molecule has 1 aromatic rings. The monoisotopic (exact) mass is 455 g/mol. The Bertz CT molecular complexity index is 873. The second kappa shape index (κ2) is 11.3. The summed E-state index contributed by atoms with van der Waals surface area (Å²) in [6.45, 7) is 7.31. The molecule has 5 N–H and O–H groups in total. The van der Waals surface area contributed by atoms with Gasteiger partial charge in [0.25, 0.3) is 0 Å². The van der Waals surface area contributed by atoms with Crippen LogP contribution in [0, 0.1) is 23.7 Å². The molecule has 0 saturated heterocycles. The molecule has 1 unspecified atom stereocenters. The molecule has 0 aliphatic rings. The first-order valence-electron chi connectivity index (χ1n) is 9.97. The molecule has 0 aliphatic carbocycles. The molecule has 3 atom stereocenters. The number of hydrogen-bond acceptors (Lipinski definition) is 8. The number of rotatable bonds is 11. The van der Waals surface area contributed by atoms with Crippen molar-refractivity contribution in [3.05, 3.63) is 30.4 Å². The zero-order valence-corrected chi connectivity index (χ0v) is 19.4. The van der Waals surface area contributed by atoms with E-state index in [9.17, 15) is 23.2 Å². The first-order chi connectivity index (χ1) is 14.4. The summed E-state index contributed by atoms with van der Waals surface area (Å²) in [5.74, 6) is 0.933. The SMILES string of the molecule is CC(C)C[C@@H](C(=O)NN)[C@@H](C(=O)NO)C(/C=C/c1cncnc1)(CC(C)C)S(C)(=O)=O. The lowest BCUT2D eigenvalue weighted by molar-refractivity contribution is -0.142. The summed E-state index contributed by atoms with van der Waals surface area (Å²) < 4.78 is 24.7. The molecule has 1 heterocycles. The summed E-state index contributed by atoms with van der Waals surface area (Å²) in [6, 6.07) is 0. The van der Waals surface area contributed by atoms with Crippen molar-refractivity contribution in [2.75, 3.05) is 6.26 Å². The minimum atomic E-state index is -3.99. The van der Waals surface area contributed by atoms with E-state index < -0.39 is 38.2 Å². The largest absolute Gasteiger partial charge is 0.294 e. The first-order valence-corrected chi connectivity index (χ1v) is 11.9. The second-order valence-electron chi connectivity index (χ2n) is 8.53. The summed E-state index contributed by atoms with van der Waals surface area (Å²) in [4.78, 5) is 33.5. The molecule has 1 aromatic heterocycles. The van der Waals surface area contributed by atoms with Gasteiger partial charge >= 0.3 is 0 Å². The number of hydroxylamine groups is 1. The molecule has 2 amide bonds. The summed E-state index contributed by atoms with van der Waals surface area (Å²) in [7, 11) is -3.99. The van der Waals surface area contributed by atoms with E-state index in [1.54, 1.807) is 5.48 Å². The number of nitrogens with two attached hydrogens (primary N) is 1. The fourth-order valence-corrected chi connectivity index (χ4v) is 5.58. The fraction of sp³-hybridized carbons (Fsp3) is 0.600. The predicted octanol–water partition coefficient (Wildman–Crippen LogP) is 1.09. The van der Waals surface area contributed by atoms with Gasteiger partial charge in [0.1, 0.15) is 11.1 Å². The lowest BCUT2D eigenvalue weighted by atomic mass is 9.73. The summed E-state index contributed by atoms with van der Waals surface area (Å²) >= 11 is 0. The van der Waals surface area contributed by atoms with Crippen LogP contribution in [0.25, 0.3) is 6.08 Å². The van der Waals surface area contributed by atoms with Crippen molar-refractivity contribution in [3.63, 3.8) is 0 Å². The van der Waals surface area contributed by atoms with Crippen molar-refractivity contribution < 1.29 is 23.2 Å². The average Bonchev–Trinajstić information content (AvgIpc) is 2.69. The van der Waals surface area contributed by atoms with Gasteiger partial charge in [-0.1, -0.05) is 39.8 Å². The van der Waals surface area contributed by atoms with Gasteiger partial charge in [0, 0.05) is 24.2 Å². The number of aromatic nitrogens is 2. The van der Waals surface area contributed by atoms with Gasteiger partial charge in [-0.3, -0.25) is 20.2 Å². The third kappa shape index (κ3) is 6.81. The van der Waals surface area contributed by atoms with Gasteiger partial charge < -0.3 is 0 Å². The summed E-state index contributed by atoms with van der Waals surface area (Å²) in [5.41, 5.74) is 4.12. The molecule has 31 heavy (non-hydrogen) atoms. The smallest absolute Gasteiger partial charge is 0.249 e. The zero-order chi connectivity index (χ0) is 23.8. The maximum Gasteiger partial charge on any atom is 0.249 e. The molecular formula is C20H33N5O5S. The number of amides is 2. The Morgan fingerprint density at radius 1 is 1.16 bits per heavy atom. The van der Waals surface area contributed by atoms with Crippen LogP contribution in [-0.4, -0.2) is 46.4 Å². The highest BCUT2D eigenvalue weighted by Crippen LogP contribution is 2.42. The minimum absolute atomic E-state index is 0.0283. The van der Waals surface area contributed by atoms with E-state index in [1.807, 2.05) is 33.1 Å². The maximum absolute atomic E-state index is 13.3. The Kier molecular flexibility index (Phi) is 9.72. The van der Waals surface area contributed by atoms with E-state index in [0.29, 0.717) is 5.56 Å². The molecule has 0 radical (unpaired) electrons. The summed E-state index contributed by atoms with van der Waals surface area (Å²) in [5, 5.41) is 9.49. The minimum Gasteiger partial charge on any atom is -0.294 e. The number of carbonyl (C=O) groups excluding carboxylic acids is 2. The van der Waals surface area contributed by atoms with Crippen molar-refractivity contribution in [1.82, 2.24) is 20.9 Å². The maximum atomic E-state index is 13.3. The Hall–Kier alpha value is -2.37. The van der Waals surface area contributed by atoms with Crippen molar-refractivity contribution in [2.24, 2.45) is 29.5 Å². The van der Waals surface area contributed by atoms with Gasteiger partial charge in [0.15, 0.2) is 9.84 Å². The van der Waals surface area contributed by atoms with Crippen LogP contribution in [0.4, 0.5) is 0 Å². The number of carbonyl (C=O) groups is 2. The molecule has 1 rings (SSSR count). The topological polar surface area (TPSA) is 164 Å². The molecule has 0 bridgehead atoms. The van der Waals surface area contributed by atoms with Crippen LogP contribution in [0.2, 0.25) is 0 Å². The molecule has 0 saturated carbocycles. The van der Waals surface area contributed by atoms with Crippen LogP contribution in [0.5, 0.6) is 0 Å². The number of sulfone groups is 1. The van der Waals surface area contributed by atoms with E-state index in [0.717, 1.165) is 6.26 Å². The standard InChI is InChI=1S/C20H33N5O5S/c1-13(2)8-16(18(26)24-21)17(19(27)25-28)20(9-14(3)4,31(5,29)30)7-6-15-10-22-12-23-11-15/h6-7,10-14,16-17,28H,8-9,21H2,1-5H3,(H,24,26)(H,25,27)/b7-6+/t16-,17+,20?/m1/s1. The number of hydrazine groups is 1. The molecule has 174 valence electrons. The molecular weight excluding hydrogens is 422 g/mol. The molecule has 0 spiro atoms. The van der Waals surface area contributed by atoms with Crippen molar-refractivity contribution in [1.29, 1.82) is 0 Å². The van der Waals surface area contributed by atoms with Crippen molar-refractivity contribution >= 4 is 27.7 Å². The average molecular weight is 456 g/mol. The first kappa shape index (κ1) is 26.7. The highest BCUT2D eigenvalue weighted by molar-refractivity contribution is 7.92. The fourth-order valence-electron chi connectivity index (χ4n) is 3.90. The van der Waals surface area contributed by atoms with Gasteiger partial charge in [0.2, 0.25) is 11.8 Å². The van der Waals surface area contributed by atoms with Gasteiger partial charge in [0.05, 0.1) is 11.8 Å². The molecule has 0 aromatic carbocycles. The van der Waals surface area contributed by atoms with Gasteiger partial charge in [-0.25, -0.2) is 29.7 Å². The Morgan fingerprint density at radius 3 is 2.16 bits per heavy atom. The predicted molar refractivity (Wildman–Crippen MR) is 117 cm³/mol. The summed E-state index contributed by atoms with van der Waals surface area (Å²) in [6.07, 6.45) is 8.45.